The third-order valence-electron chi connectivity index (χ3n) is 4.29. The van der Waals surface area contributed by atoms with E-state index in [9.17, 15) is 5.11 Å². The summed E-state index contributed by atoms with van der Waals surface area (Å²) in [7, 11) is 2.13. The number of thiazole rings is 1. The molecule has 1 aromatic heterocycles. The molecule has 1 aromatic rings. The monoisotopic (exact) mass is 282 g/mol. The highest BCUT2D eigenvalue weighted by Crippen LogP contribution is 2.39. The maximum Gasteiger partial charge on any atom is 0.0897 e. The highest BCUT2D eigenvalue weighted by Gasteiger charge is 2.37. The van der Waals surface area contributed by atoms with Crippen molar-refractivity contribution in [2.75, 3.05) is 13.6 Å². The van der Waals surface area contributed by atoms with Crippen LogP contribution in [0.1, 0.15) is 43.8 Å². The Kier molecular flexibility index (Phi) is 4.64. The Morgan fingerprint density at radius 3 is 2.89 bits per heavy atom. The molecule has 1 N–H and O–H groups in total. The molecule has 1 aliphatic carbocycles. The van der Waals surface area contributed by atoms with Crippen molar-refractivity contribution in [3.63, 3.8) is 0 Å². The van der Waals surface area contributed by atoms with Crippen LogP contribution >= 0.6 is 11.3 Å². The normalized spacial score (nSPS) is 26.8. The molecule has 0 saturated heterocycles. The molecule has 2 rings (SSSR count). The SMILES string of the molecule is Cc1nc(CN(C)CC2CCCC(C)(C)C2O)cs1. The Bertz CT molecular complexity index is 416. The number of aliphatic hydroxyl groups excluding tert-OH is 1. The summed E-state index contributed by atoms with van der Waals surface area (Å²) in [4.78, 5) is 6.80. The van der Waals surface area contributed by atoms with Crippen molar-refractivity contribution < 1.29 is 5.11 Å². The highest BCUT2D eigenvalue weighted by atomic mass is 32.1. The van der Waals surface area contributed by atoms with Gasteiger partial charge in [0.2, 0.25) is 0 Å². The summed E-state index contributed by atoms with van der Waals surface area (Å²) in [6.07, 6.45) is 3.34. The predicted octanol–water partition coefficient (Wildman–Crippen LogP) is 3.07. The van der Waals surface area contributed by atoms with Gasteiger partial charge in [-0.1, -0.05) is 20.3 Å². The van der Waals surface area contributed by atoms with Crippen molar-refractivity contribution in [1.29, 1.82) is 0 Å². The third kappa shape index (κ3) is 3.77. The third-order valence-corrected chi connectivity index (χ3v) is 5.11. The zero-order valence-electron chi connectivity index (χ0n) is 12.5. The van der Waals surface area contributed by atoms with Crippen molar-refractivity contribution in [3.05, 3.63) is 16.1 Å². The van der Waals surface area contributed by atoms with Gasteiger partial charge in [-0.2, -0.15) is 0 Å². The number of aromatic nitrogens is 1. The summed E-state index contributed by atoms with van der Waals surface area (Å²) in [5, 5.41) is 13.7. The number of aliphatic hydroxyl groups is 1. The fourth-order valence-electron chi connectivity index (χ4n) is 3.18. The zero-order valence-corrected chi connectivity index (χ0v) is 13.3. The van der Waals surface area contributed by atoms with Crippen LogP contribution in [0, 0.1) is 18.3 Å². The quantitative estimate of drug-likeness (QED) is 0.922. The van der Waals surface area contributed by atoms with E-state index in [2.05, 4.69) is 36.2 Å². The first-order chi connectivity index (χ1) is 8.88. The van der Waals surface area contributed by atoms with E-state index in [0.29, 0.717) is 5.92 Å². The molecule has 1 saturated carbocycles. The van der Waals surface area contributed by atoms with E-state index in [4.69, 9.17) is 0 Å². The smallest absolute Gasteiger partial charge is 0.0897 e. The number of hydrogen-bond acceptors (Lipinski definition) is 4. The van der Waals surface area contributed by atoms with Gasteiger partial charge < -0.3 is 10.0 Å². The molecule has 1 heterocycles. The topological polar surface area (TPSA) is 36.4 Å². The van der Waals surface area contributed by atoms with Crippen LogP contribution in [0.5, 0.6) is 0 Å². The van der Waals surface area contributed by atoms with Crippen LogP contribution in [0.25, 0.3) is 0 Å². The van der Waals surface area contributed by atoms with Crippen molar-refractivity contribution in [3.8, 4) is 0 Å². The first-order valence-corrected chi connectivity index (χ1v) is 8.04. The summed E-state index contributed by atoms with van der Waals surface area (Å²) >= 11 is 1.71. The summed E-state index contributed by atoms with van der Waals surface area (Å²) in [6.45, 7) is 8.26. The zero-order chi connectivity index (χ0) is 14.0. The van der Waals surface area contributed by atoms with Crippen molar-refractivity contribution in [2.45, 2.75) is 52.7 Å². The van der Waals surface area contributed by atoms with Crippen LogP contribution in [0.3, 0.4) is 0 Å². The Balaban J connectivity index is 1.89. The van der Waals surface area contributed by atoms with E-state index < -0.39 is 0 Å². The number of nitrogens with zero attached hydrogens (tertiary/aromatic N) is 2. The molecular weight excluding hydrogens is 256 g/mol. The second kappa shape index (κ2) is 5.90. The lowest BCUT2D eigenvalue weighted by atomic mass is 9.69. The van der Waals surface area contributed by atoms with E-state index in [1.807, 2.05) is 6.92 Å². The van der Waals surface area contributed by atoms with Crippen LogP contribution in [-0.2, 0) is 6.54 Å². The Hall–Kier alpha value is -0.450. The summed E-state index contributed by atoms with van der Waals surface area (Å²) in [5.74, 6) is 0.397. The van der Waals surface area contributed by atoms with Gasteiger partial charge in [-0.05, 0) is 38.1 Å². The van der Waals surface area contributed by atoms with E-state index in [0.717, 1.165) is 36.6 Å². The molecule has 2 atom stereocenters. The molecule has 0 aliphatic heterocycles. The van der Waals surface area contributed by atoms with E-state index in [1.54, 1.807) is 11.3 Å². The molecule has 4 heteroatoms. The van der Waals surface area contributed by atoms with Crippen molar-refractivity contribution in [2.24, 2.45) is 11.3 Å². The molecule has 19 heavy (non-hydrogen) atoms. The maximum absolute atomic E-state index is 10.5. The van der Waals surface area contributed by atoms with Gasteiger partial charge in [0.1, 0.15) is 0 Å². The van der Waals surface area contributed by atoms with E-state index in [-0.39, 0.29) is 11.5 Å². The second-order valence-electron chi connectivity index (χ2n) is 6.64. The molecule has 108 valence electrons. The average molecular weight is 282 g/mol. The first-order valence-electron chi connectivity index (χ1n) is 7.16. The molecule has 0 radical (unpaired) electrons. The predicted molar refractivity (Wildman–Crippen MR) is 80.3 cm³/mol. The van der Waals surface area contributed by atoms with E-state index in [1.165, 1.54) is 6.42 Å². The van der Waals surface area contributed by atoms with Crippen LogP contribution < -0.4 is 0 Å². The van der Waals surface area contributed by atoms with Crippen molar-refractivity contribution >= 4 is 11.3 Å². The molecule has 0 bridgehead atoms. The van der Waals surface area contributed by atoms with E-state index >= 15 is 0 Å². The van der Waals surface area contributed by atoms with Crippen molar-refractivity contribution in [1.82, 2.24) is 9.88 Å². The van der Waals surface area contributed by atoms with Crippen LogP contribution in [0.2, 0.25) is 0 Å². The minimum atomic E-state index is -0.180. The summed E-state index contributed by atoms with van der Waals surface area (Å²) in [5.41, 5.74) is 1.22. The molecule has 0 amide bonds. The van der Waals surface area contributed by atoms with Gasteiger partial charge in [-0.15, -0.1) is 11.3 Å². The van der Waals surface area contributed by atoms with Gasteiger partial charge >= 0.3 is 0 Å². The molecule has 2 unspecified atom stereocenters. The molecule has 1 aliphatic rings. The molecular formula is C15H26N2OS. The maximum atomic E-state index is 10.5. The lowest BCUT2D eigenvalue weighted by Crippen LogP contribution is -2.44. The standard InChI is InChI=1S/C15H26N2OS/c1-11-16-13(10-19-11)9-17(4)8-12-6-5-7-15(2,3)14(12)18/h10,12,14,18H,5-9H2,1-4H3. The summed E-state index contributed by atoms with van der Waals surface area (Å²) < 4.78 is 0. The fraction of sp³-hybridized carbons (Fsp3) is 0.800. The van der Waals surface area contributed by atoms with Gasteiger partial charge in [0, 0.05) is 18.5 Å². The van der Waals surface area contributed by atoms with Gasteiger partial charge in [0.05, 0.1) is 16.8 Å². The molecule has 0 spiro atoms. The van der Waals surface area contributed by atoms with Gasteiger partial charge in [0.25, 0.3) is 0 Å². The number of rotatable bonds is 4. The molecule has 0 aromatic carbocycles. The summed E-state index contributed by atoms with van der Waals surface area (Å²) in [6, 6.07) is 0. The van der Waals surface area contributed by atoms with Gasteiger partial charge in [-0.25, -0.2) is 4.98 Å². The Labute approximate surface area is 120 Å². The minimum Gasteiger partial charge on any atom is -0.392 e. The van der Waals surface area contributed by atoms with Gasteiger partial charge in [-0.3, -0.25) is 0 Å². The lowest BCUT2D eigenvalue weighted by molar-refractivity contribution is -0.0415. The van der Waals surface area contributed by atoms with Gasteiger partial charge in [0.15, 0.2) is 0 Å². The molecule has 3 nitrogen and oxygen atoms in total. The highest BCUT2D eigenvalue weighted by molar-refractivity contribution is 7.09. The Morgan fingerprint density at radius 2 is 2.26 bits per heavy atom. The first kappa shape index (κ1) is 14.9. The number of hydrogen-bond donors (Lipinski definition) is 1. The average Bonchev–Trinajstić information content (AvgIpc) is 2.70. The largest absolute Gasteiger partial charge is 0.392 e. The second-order valence-corrected chi connectivity index (χ2v) is 7.70. The fourth-order valence-corrected chi connectivity index (χ4v) is 3.78. The minimum absolute atomic E-state index is 0.0704. The van der Waals surface area contributed by atoms with Crippen LogP contribution in [0.4, 0.5) is 0 Å². The number of aryl methyl sites for hydroxylation is 1. The van der Waals surface area contributed by atoms with Crippen LogP contribution in [0.15, 0.2) is 5.38 Å². The Morgan fingerprint density at radius 1 is 1.53 bits per heavy atom. The lowest BCUT2D eigenvalue weighted by Gasteiger charge is -2.42. The molecule has 1 fully saturated rings. The van der Waals surface area contributed by atoms with Crippen LogP contribution in [-0.4, -0.2) is 34.7 Å².